The van der Waals surface area contributed by atoms with Crippen molar-refractivity contribution >= 4 is 21.8 Å². The molecule has 2 fully saturated rings. The number of hydrogen-bond donors (Lipinski definition) is 0. The van der Waals surface area contributed by atoms with Gasteiger partial charge in [0, 0.05) is 33.2 Å². The zero-order chi connectivity index (χ0) is 41.8. The molecular formula is C57H47N5. The second-order valence-electron chi connectivity index (χ2n) is 18.1. The predicted molar refractivity (Wildman–Crippen MR) is 253 cm³/mol. The van der Waals surface area contributed by atoms with Crippen LogP contribution in [-0.4, -0.2) is 19.5 Å². The minimum atomic E-state index is 0.333. The maximum atomic E-state index is 9.44. The van der Waals surface area contributed by atoms with Gasteiger partial charge >= 0.3 is 0 Å². The molecule has 2 aliphatic carbocycles. The summed E-state index contributed by atoms with van der Waals surface area (Å²) in [6.45, 7) is 4.94. The average Bonchev–Trinajstić information content (AvgIpc) is 3.65. The lowest BCUT2D eigenvalue weighted by atomic mass is 9.54. The number of nitriles is 1. The van der Waals surface area contributed by atoms with Crippen molar-refractivity contribution in [3.8, 4) is 68.2 Å². The SMILES string of the molecule is C[C@@H]1CC2C[C@H](C)CC(c3ccc(-c4ccc5c(c4)c4ccccc4n5-c4ccc(-c5nc(-c6ccc(C#N)cc6)nc(-c6ccc(-c7ccccc7)cc6)n5)cc4)cc3)(C2)C1. The normalized spacial score (nSPS) is 19.7. The summed E-state index contributed by atoms with van der Waals surface area (Å²) in [7, 11) is 0. The molecule has 2 aromatic heterocycles. The molecule has 5 nitrogen and oxygen atoms in total. The summed E-state index contributed by atoms with van der Waals surface area (Å²) in [6, 6.07) is 62.1. The van der Waals surface area contributed by atoms with E-state index in [1.54, 1.807) is 17.7 Å². The van der Waals surface area contributed by atoms with Gasteiger partial charge in [-0.3, -0.25) is 0 Å². The Morgan fingerprint density at radius 2 is 0.968 bits per heavy atom. The summed E-state index contributed by atoms with van der Waals surface area (Å²) in [5.41, 5.74) is 13.3. The summed E-state index contributed by atoms with van der Waals surface area (Å²) in [5.74, 6) is 4.20. The maximum Gasteiger partial charge on any atom is 0.164 e. The van der Waals surface area contributed by atoms with E-state index in [4.69, 9.17) is 15.0 Å². The van der Waals surface area contributed by atoms with Crippen molar-refractivity contribution in [3.05, 3.63) is 181 Å². The van der Waals surface area contributed by atoms with Crippen LogP contribution >= 0.6 is 0 Å². The van der Waals surface area contributed by atoms with E-state index in [1.165, 1.54) is 65.0 Å². The zero-order valence-corrected chi connectivity index (χ0v) is 35.2. The van der Waals surface area contributed by atoms with Gasteiger partial charge in [0.1, 0.15) is 0 Å². The van der Waals surface area contributed by atoms with Gasteiger partial charge in [-0.15, -0.1) is 0 Å². The highest BCUT2D eigenvalue weighted by Crippen LogP contribution is 2.54. The second-order valence-corrected chi connectivity index (χ2v) is 18.1. The van der Waals surface area contributed by atoms with Crippen molar-refractivity contribution in [3.63, 3.8) is 0 Å². The summed E-state index contributed by atoms with van der Waals surface area (Å²) in [5, 5.41) is 11.9. The average molecular weight is 802 g/mol. The van der Waals surface area contributed by atoms with Crippen LogP contribution in [0.1, 0.15) is 57.1 Å². The van der Waals surface area contributed by atoms with Gasteiger partial charge in [0.25, 0.3) is 0 Å². The monoisotopic (exact) mass is 801 g/mol. The van der Waals surface area contributed by atoms with Crippen LogP contribution in [0.15, 0.2) is 170 Å². The van der Waals surface area contributed by atoms with Gasteiger partial charge in [-0.05, 0) is 150 Å². The molecular weight excluding hydrogens is 755 g/mol. The van der Waals surface area contributed by atoms with E-state index in [1.807, 2.05) is 30.3 Å². The third-order valence-electron chi connectivity index (χ3n) is 13.7. The van der Waals surface area contributed by atoms with Crippen LogP contribution in [0.25, 0.3) is 83.9 Å². The Balaban J connectivity index is 0.938. The van der Waals surface area contributed by atoms with Gasteiger partial charge in [-0.2, -0.15) is 5.26 Å². The molecule has 2 bridgehead atoms. The van der Waals surface area contributed by atoms with Gasteiger partial charge in [-0.1, -0.05) is 117 Å². The summed E-state index contributed by atoms with van der Waals surface area (Å²) < 4.78 is 2.36. The van der Waals surface area contributed by atoms with Crippen LogP contribution in [0.2, 0.25) is 0 Å². The molecule has 9 aromatic rings. The Bertz CT molecular complexity index is 3100. The molecule has 7 aromatic carbocycles. The molecule has 11 rings (SSSR count). The van der Waals surface area contributed by atoms with Gasteiger partial charge in [0.2, 0.25) is 0 Å². The molecule has 0 radical (unpaired) electrons. The minimum Gasteiger partial charge on any atom is -0.309 e. The highest BCUT2D eigenvalue weighted by Gasteiger charge is 2.45. The number of nitrogens with zero attached hydrogens (tertiary/aromatic N) is 5. The van der Waals surface area contributed by atoms with Gasteiger partial charge in [-0.25, -0.2) is 15.0 Å². The van der Waals surface area contributed by atoms with E-state index in [2.05, 4.69) is 152 Å². The van der Waals surface area contributed by atoms with E-state index >= 15 is 0 Å². The van der Waals surface area contributed by atoms with E-state index in [0.29, 0.717) is 28.5 Å². The largest absolute Gasteiger partial charge is 0.309 e. The molecule has 0 spiro atoms. The predicted octanol–water partition coefficient (Wildman–Crippen LogP) is 14.3. The molecule has 0 aliphatic heterocycles. The molecule has 2 saturated carbocycles. The first kappa shape index (κ1) is 37.8. The van der Waals surface area contributed by atoms with Crippen LogP contribution < -0.4 is 0 Å². The second kappa shape index (κ2) is 15.4. The first-order valence-electron chi connectivity index (χ1n) is 22.1. The summed E-state index contributed by atoms with van der Waals surface area (Å²) in [4.78, 5) is 15.0. The Hall–Kier alpha value is -7.16. The quantitative estimate of drug-likeness (QED) is 0.161. The molecule has 0 saturated heterocycles. The number of aromatic nitrogens is 4. The highest BCUT2D eigenvalue weighted by molar-refractivity contribution is 6.10. The molecule has 5 heteroatoms. The van der Waals surface area contributed by atoms with Crippen LogP contribution in [-0.2, 0) is 5.41 Å². The van der Waals surface area contributed by atoms with Crippen molar-refractivity contribution < 1.29 is 0 Å². The fraction of sp³-hybridized carbons (Fsp3) is 0.193. The van der Waals surface area contributed by atoms with Gasteiger partial charge in [0.05, 0.1) is 22.7 Å². The first-order chi connectivity index (χ1) is 30.4. The molecule has 300 valence electrons. The molecule has 2 aliphatic rings. The highest BCUT2D eigenvalue weighted by atomic mass is 15.0. The number of fused-ring (bicyclic) bond motifs is 5. The lowest BCUT2D eigenvalue weighted by Crippen LogP contribution is -2.42. The Kier molecular flexibility index (Phi) is 9.38. The van der Waals surface area contributed by atoms with Crippen molar-refractivity contribution in [2.45, 2.75) is 51.4 Å². The maximum absolute atomic E-state index is 9.44. The Labute approximate surface area is 363 Å². The topological polar surface area (TPSA) is 67.4 Å². The van der Waals surface area contributed by atoms with E-state index in [0.717, 1.165) is 51.3 Å². The third-order valence-corrected chi connectivity index (χ3v) is 13.7. The van der Waals surface area contributed by atoms with Crippen LogP contribution in [0, 0.1) is 29.1 Å². The van der Waals surface area contributed by atoms with E-state index < -0.39 is 0 Å². The smallest absolute Gasteiger partial charge is 0.164 e. The fourth-order valence-corrected chi connectivity index (χ4v) is 11.2. The Morgan fingerprint density at radius 1 is 0.484 bits per heavy atom. The first-order valence-corrected chi connectivity index (χ1v) is 22.1. The molecule has 0 N–H and O–H groups in total. The van der Waals surface area contributed by atoms with E-state index in [-0.39, 0.29) is 0 Å². The summed E-state index contributed by atoms with van der Waals surface area (Å²) >= 11 is 0. The lowest BCUT2D eigenvalue weighted by molar-refractivity contribution is 0.0780. The lowest BCUT2D eigenvalue weighted by Gasteiger charge is -2.50. The molecule has 2 unspecified atom stereocenters. The minimum absolute atomic E-state index is 0.333. The zero-order valence-electron chi connectivity index (χ0n) is 35.2. The van der Waals surface area contributed by atoms with E-state index in [9.17, 15) is 5.26 Å². The third kappa shape index (κ3) is 6.86. The molecule has 0 amide bonds. The number of hydrogen-bond acceptors (Lipinski definition) is 4. The number of para-hydroxylation sites is 1. The standard InChI is InChI=1S/C57H47N5/c1-37-30-40-31-38(2)34-57(33-37,35-40)48-25-20-43(21-26-48)47-24-29-53-51(32-47)50-10-6-7-11-52(50)62(53)49-27-22-46(23-28-49)56-60-54(44-14-12-39(36-58)13-15-44)59-55(61-56)45-18-16-42(17-19-45)41-8-4-3-5-9-41/h3-29,32,37-38,40H,30-31,33-35H2,1-2H3/t37-,38+,40?,57?. The van der Waals surface area contributed by atoms with Crippen molar-refractivity contribution in [2.24, 2.45) is 17.8 Å². The van der Waals surface area contributed by atoms with Gasteiger partial charge in [0.15, 0.2) is 17.5 Å². The Morgan fingerprint density at radius 3 is 1.60 bits per heavy atom. The molecule has 62 heavy (non-hydrogen) atoms. The fourth-order valence-electron chi connectivity index (χ4n) is 11.2. The van der Waals surface area contributed by atoms with Crippen LogP contribution in [0.5, 0.6) is 0 Å². The molecule has 2 heterocycles. The van der Waals surface area contributed by atoms with Crippen molar-refractivity contribution in [2.75, 3.05) is 0 Å². The summed E-state index contributed by atoms with van der Waals surface area (Å²) in [6.07, 6.45) is 6.79. The van der Waals surface area contributed by atoms with Gasteiger partial charge < -0.3 is 4.57 Å². The van der Waals surface area contributed by atoms with Crippen molar-refractivity contribution in [1.29, 1.82) is 5.26 Å². The number of rotatable bonds is 7. The van der Waals surface area contributed by atoms with Crippen LogP contribution in [0.4, 0.5) is 0 Å². The van der Waals surface area contributed by atoms with Crippen LogP contribution in [0.3, 0.4) is 0 Å². The molecule has 4 atom stereocenters. The van der Waals surface area contributed by atoms with Crippen molar-refractivity contribution in [1.82, 2.24) is 19.5 Å². The number of benzene rings is 7.